The van der Waals surface area contributed by atoms with E-state index in [-0.39, 0.29) is 11.5 Å². The van der Waals surface area contributed by atoms with E-state index in [0.717, 1.165) is 0 Å². The predicted octanol–water partition coefficient (Wildman–Crippen LogP) is 1.39. The number of rotatable bonds is 3. The lowest BCUT2D eigenvalue weighted by molar-refractivity contribution is 0.102. The molecule has 7 nitrogen and oxygen atoms in total. The highest BCUT2D eigenvalue weighted by molar-refractivity contribution is 6.01. The molecule has 1 amide bonds. The Kier molecular flexibility index (Phi) is 3.19. The summed E-state index contributed by atoms with van der Waals surface area (Å²) in [5, 5.41) is 10.5. The van der Waals surface area contributed by atoms with Crippen LogP contribution in [0.25, 0.3) is 5.69 Å². The monoisotopic (exact) mass is 286 g/mol. The van der Waals surface area contributed by atoms with E-state index in [1.165, 1.54) is 33.9 Å². The van der Waals surface area contributed by atoms with Crippen LogP contribution in [0, 0.1) is 5.82 Å². The summed E-state index contributed by atoms with van der Waals surface area (Å²) < 4.78 is 16.0. The minimum Gasteiger partial charge on any atom is -0.289 e. The first-order valence-electron chi connectivity index (χ1n) is 6.10. The predicted molar refractivity (Wildman–Crippen MR) is 72.5 cm³/mol. The Morgan fingerprint density at radius 3 is 2.90 bits per heavy atom. The third-order valence-electron chi connectivity index (χ3n) is 2.83. The van der Waals surface area contributed by atoms with Crippen LogP contribution < -0.4 is 5.32 Å². The van der Waals surface area contributed by atoms with Crippen LogP contribution in [0.1, 0.15) is 10.5 Å². The molecule has 0 radical (unpaired) electrons. The summed E-state index contributed by atoms with van der Waals surface area (Å²) in [7, 11) is 1.66. The fourth-order valence-corrected chi connectivity index (χ4v) is 1.78. The second-order valence-corrected chi connectivity index (χ2v) is 4.29. The van der Waals surface area contributed by atoms with Gasteiger partial charge in [-0.05, 0) is 24.3 Å². The maximum Gasteiger partial charge on any atom is 0.278 e. The van der Waals surface area contributed by atoms with Crippen molar-refractivity contribution in [3.63, 3.8) is 0 Å². The van der Waals surface area contributed by atoms with Gasteiger partial charge in [0.05, 0.1) is 5.69 Å². The fourth-order valence-electron chi connectivity index (χ4n) is 1.78. The minimum absolute atomic E-state index is 0.197. The SMILES string of the molecule is Cn1ncnc1NC(=O)c1ccn(-c2cccc(F)c2)n1. The number of carbonyl (C=O) groups is 1. The molecule has 0 fully saturated rings. The van der Waals surface area contributed by atoms with Crippen molar-refractivity contribution in [2.24, 2.45) is 7.05 Å². The van der Waals surface area contributed by atoms with Gasteiger partial charge in [-0.25, -0.2) is 13.8 Å². The van der Waals surface area contributed by atoms with Gasteiger partial charge in [-0.15, -0.1) is 0 Å². The zero-order valence-corrected chi connectivity index (χ0v) is 11.1. The maximum absolute atomic E-state index is 13.2. The van der Waals surface area contributed by atoms with Gasteiger partial charge in [-0.3, -0.25) is 10.1 Å². The molecule has 0 bridgehead atoms. The number of carbonyl (C=O) groups excluding carboxylic acids is 1. The number of aryl methyl sites for hydroxylation is 1. The summed E-state index contributed by atoms with van der Waals surface area (Å²) in [6.45, 7) is 0. The highest BCUT2D eigenvalue weighted by Crippen LogP contribution is 2.10. The van der Waals surface area contributed by atoms with Crippen molar-refractivity contribution in [3.05, 3.63) is 54.4 Å². The molecule has 0 saturated heterocycles. The Hall–Kier alpha value is -3.03. The standard InChI is InChI=1S/C13H11FN6O/c1-19-13(15-8-16-19)17-12(21)11-5-6-20(18-11)10-4-2-3-9(14)7-10/h2-8H,1H3,(H,15,16,17,21). The van der Waals surface area contributed by atoms with Crippen molar-refractivity contribution in [2.75, 3.05) is 5.32 Å². The molecule has 3 aromatic rings. The number of aromatic nitrogens is 5. The first-order valence-corrected chi connectivity index (χ1v) is 6.10. The lowest BCUT2D eigenvalue weighted by Crippen LogP contribution is -2.16. The Bertz CT molecular complexity index is 793. The molecular formula is C13H11FN6O. The van der Waals surface area contributed by atoms with Gasteiger partial charge in [0.15, 0.2) is 5.69 Å². The molecule has 0 aliphatic rings. The van der Waals surface area contributed by atoms with Gasteiger partial charge in [-0.2, -0.15) is 15.2 Å². The molecule has 1 N–H and O–H groups in total. The number of hydrogen-bond donors (Lipinski definition) is 1. The van der Waals surface area contributed by atoms with Crippen LogP contribution in [-0.2, 0) is 7.05 Å². The van der Waals surface area contributed by atoms with Gasteiger partial charge < -0.3 is 0 Å². The number of nitrogens with one attached hydrogen (secondary N) is 1. The van der Waals surface area contributed by atoms with Gasteiger partial charge >= 0.3 is 0 Å². The first-order chi connectivity index (χ1) is 10.1. The van der Waals surface area contributed by atoms with E-state index in [0.29, 0.717) is 11.6 Å². The molecule has 21 heavy (non-hydrogen) atoms. The van der Waals surface area contributed by atoms with E-state index in [1.54, 1.807) is 25.4 Å². The average Bonchev–Trinajstić information content (AvgIpc) is 3.09. The lowest BCUT2D eigenvalue weighted by atomic mass is 10.3. The largest absolute Gasteiger partial charge is 0.289 e. The molecule has 0 spiro atoms. The van der Waals surface area contributed by atoms with Crippen molar-refractivity contribution in [2.45, 2.75) is 0 Å². The average molecular weight is 286 g/mol. The number of halogens is 1. The number of nitrogens with zero attached hydrogens (tertiary/aromatic N) is 5. The van der Waals surface area contributed by atoms with Crippen LogP contribution in [0.5, 0.6) is 0 Å². The number of benzene rings is 1. The van der Waals surface area contributed by atoms with E-state index < -0.39 is 5.91 Å². The van der Waals surface area contributed by atoms with Crippen molar-refractivity contribution in [3.8, 4) is 5.69 Å². The molecule has 0 saturated carbocycles. The van der Waals surface area contributed by atoms with Crippen LogP contribution in [0.4, 0.5) is 10.3 Å². The quantitative estimate of drug-likeness (QED) is 0.789. The van der Waals surface area contributed by atoms with Crippen molar-refractivity contribution >= 4 is 11.9 Å². The van der Waals surface area contributed by atoms with Crippen molar-refractivity contribution in [1.82, 2.24) is 24.5 Å². The molecule has 1 aromatic carbocycles. The number of anilines is 1. The van der Waals surface area contributed by atoms with Crippen molar-refractivity contribution in [1.29, 1.82) is 0 Å². The molecule has 0 aliphatic carbocycles. The highest BCUT2D eigenvalue weighted by atomic mass is 19.1. The van der Waals surface area contributed by atoms with Gasteiger partial charge in [0, 0.05) is 13.2 Å². The number of amides is 1. The van der Waals surface area contributed by atoms with Crippen LogP contribution in [0.2, 0.25) is 0 Å². The molecular weight excluding hydrogens is 275 g/mol. The molecule has 8 heteroatoms. The van der Waals surface area contributed by atoms with E-state index in [4.69, 9.17) is 0 Å². The topological polar surface area (TPSA) is 77.6 Å². The Morgan fingerprint density at radius 1 is 1.33 bits per heavy atom. The first kappa shape index (κ1) is 13.0. The molecule has 0 unspecified atom stereocenters. The van der Waals surface area contributed by atoms with Crippen molar-refractivity contribution < 1.29 is 9.18 Å². The summed E-state index contributed by atoms with van der Waals surface area (Å²) in [6, 6.07) is 7.48. The fraction of sp³-hybridized carbons (Fsp3) is 0.0769. The Labute approximate surface area is 119 Å². The summed E-state index contributed by atoms with van der Waals surface area (Å²) in [4.78, 5) is 15.9. The third kappa shape index (κ3) is 2.64. The summed E-state index contributed by atoms with van der Waals surface area (Å²) in [6.07, 6.45) is 2.92. The van der Waals surface area contributed by atoms with Crippen LogP contribution in [0.3, 0.4) is 0 Å². The molecule has 2 heterocycles. The number of hydrogen-bond acceptors (Lipinski definition) is 4. The minimum atomic E-state index is -0.416. The highest BCUT2D eigenvalue weighted by Gasteiger charge is 2.13. The smallest absolute Gasteiger partial charge is 0.278 e. The summed E-state index contributed by atoms with van der Waals surface area (Å²) >= 11 is 0. The maximum atomic E-state index is 13.2. The zero-order valence-electron chi connectivity index (χ0n) is 11.1. The van der Waals surface area contributed by atoms with Gasteiger partial charge in [0.2, 0.25) is 5.95 Å². The molecule has 3 rings (SSSR count). The molecule has 0 atom stereocenters. The van der Waals surface area contributed by atoms with E-state index in [9.17, 15) is 9.18 Å². The molecule has 0 aliphatic heterocycles. The molecule has 2 aromatic heterocycles. The Morgan fingerprint density at radius 2 is 2.19 bits per heavy atom. The van der Waals surface area contributed by atoms with Gasteiger partial charge in [0.25, 0.3) is 5.91 Å². The van der Waals surface area contributed by atoms with E-state index in [1.807, 2.05) is 0 Å². The van der Waals surface area contributed by atoms with Crippen LogP contribution in [-0.4, -0.2) is 30.5 Å². The van der Waals surface area contributed by atoms with Crippen LogP contribution in [0.15, 0.2) is 42.9 Å². The van der Waals surface area contributed by atoms with E-state index >= 15 is 0 Å². The van der Waals surface area contributed by atoms with Gasteiger partial charge in [-0.1, -0.05) is 6.07 Å². The molecule has 106 valence electrons. The summed E-state index contributed by atoms with van der Waals surface area (Å²) in [5.41, 5.74) is 0.731. The zero-order chi connectivity index (χ0) is 14.8. The normalized spacial score (nSPS) is 10.6. The second kappa shape index (κ2) is 5.16. The van der Waals surface area contributed by atoms with Gasteiger partial charge in [0.1, 0.15) is 12.1 Å². The third-order valence-corrected chi connectivity index (χ3v) is 2.83. The van der Waals surface area contributed by atoms with E-state index in [2.05, 4.69) is 20.5 Å². The second-order valence-electron chi connectivity index (χ2n) is 4.29. The Balaban J connectivity index is 1.82. The van der Waals surface area contributed by atoms with Crippen LogP contribution >= 0.6 is 0 Å². The lowest BCUT2D eigenvalue weighted by Gasteiger charge is -2.02. The summed E-state index contributed by atoms with van der Waals surface area (Å²) in [5.74, 6) is -0.463.